The van der Waals surface area contributed by atoms with Crippen LogP contribution in [0.5, 0.6) is 11.5 Å². The Morgan fingerprint density at radius 3 is 1.65 bits per heavy atom. The molecule has 0 aliphatic carbocycles. The standard InChI is InChI=1S/C27H38O19/c28-6-12-16(34)19(37)22(40)25(41-12)45-24-21(39)18(36)14(8-30)43-27(24)46-23-20(38)17(35)13(7-29)42-26(23)44-15(33)4-2-9-1-3-10(31)11(32)5-9/h1-5,12-14,16-32,34-40H,6-8H2. The van der Waals surface area contributed by atoms with Crippen LogP contribution in [0.2, 0.25) is 0 Å². The lowest BCUT2D eigenvalue weighted by molar-refractivity contribution is -0.391. The summed E-state index contributed by atoms with van der Waals surface area (Å²) >= 11 is 0. The fourth-order valence-electron chi connectivity index (χ4n) is 5.06. The fourth-order valence-corrected chi connectivity index (χ4v) is 5.06. The summed E-state index contributed by atoms with van der Waals surface area (Å²) in [6.07, 6.45) is -25.1. The monoisotopic (exact) mass is 666 g/mol. The minimum atomic E-state index is -1.98. The zero-order chi connectivity index (χ0) is 33.9. The molecule has 0 radical (unpaired) electrons. The number of hydrogen-bond acceptors (Lipinski definition) is 19. The van der Waals surface area contributed by atoms with Crippen LogP contribution in [0.1, 0.15) is 5.56 Å². The zero-order valence-electron chi connectivity index (χ0n) is 23.9. The highest BCUT2D eigenvalue weighted by Crippen LogP contribution is 2.33. The van der Waals surface area contributed by atoms with Gasteiger partial charge in [0.1, 0.15) is 67.1 Å². The lowest BCUT2D eigenvalue weighted by Crippen LogP contribution is -2.67. The average molecular weight is 667 g/mol. The Balaban J connectivity index is 1.58. The van der Waals surface area contributed by atoms with Crippen molar-refractivity contribution in [3.63, 3.8) is 0 Å². The van der Waals surface area contributed by atoms with Crippen LogP contribution in [0, 0.1) is 0 Å². The molecule has 0 bridgehead atoms. The maximum Gasteiger partial charge on any atom is 0.333 e. The molecule has 4 rings (SSSR count). The Morgan fingerprint density at radius 1 is 0.630 bits per heavy atom. The number of rotatable bonds is 10. The number of phenolic OH excluding ortho intramolecular Hbond substituents is 2. The van der Waals surface area contributed by atoms with Crippen molar-refractivity contribution in [2.75, 3.05) is 19.8 Å². The van der Waals surface area contributed by atoms with E-state index < -0.39 is 129 Å². The minimum Gasteiger partial charge on any atom is -0.504 e. The Hall–Kier alpha value is -2.57. The molecule has 12 N–H and O–H groups in total. The lowest BCUT2D eigenvalue weighted by Gasteiger charge is -2.48. The maximum atomic E-state index is 12.7. The van der Waals surface area contributed by atoms with E-state index in [0.29, 0.717) is 0 Å². The van der Waals surface area contributed by atoms with Crippen LogP contribution < -0.4 is 0 Å². The van der Waals surface area contributed by atoms with E-state index in [2.05, 4.69) is 0 Å². The van der Waals surface area contributed by atoms with Crippen molar-refractivity contribution in [1.82, 2.24) is 0 Å². The first-order valence-electron chi connectivity index (χ1n) is 14.1. The minimum absolute atomic E-state index is 0.264. The van der Waals surface area contributed by atoms with Crippen LogP contribution in [0.4, 0.5) is 0 Å². The Bertz CT molecular complexity index is 1180. The summed E-state index contributed by atoms with van der Waals surface area (Å²) in [4.78, 5) is 12.7. The van der Waals surface area contributed by atoms with Crippen LogP contribution in [-0.2, 0) is 33.2 Å². The van der Waals surface area contributed by atoms with Crippen LogP contribution in [0.15, 0.2) is 24.3 Å². The van der Waals surface area contributed by atoms with Gasteiger partial charge in [0.25, 0.3) is 0 Å². The number of carbonyl (C=O) groups is 1. The van der Waals surface area contributed by atoms with Gasteiger partial charge in [-0.3, -0.25) is 0 Å². The third kappa shape index (κ3) is 7.76. The summed E-state index contributed by atoms with van der Waals surface area (Å²) in [6.45, 7) is -2.55. The van der Waals surface area contributed by atoms with Gasteiger partial charge in [-0.1, -0.05) is 6.07 Å². The van der Waals surface area contributed by atoms with Gasteiger partial charge in [0, 0.05) is 6.08 Å². The second-order valence-corrected chi connectivity index (χ2v) is 10.8. The van der Waals surface area contributed by atoms with E-state index in [4.69, 9.17) is 28.4 Å². The van der Waals surface area contributed by atoms with Gasteiger partial charge < -0.3 is 89.7 Å². The number of benzene rings is 1. The molecule has 3 aliphatic rings. The summed E-state index contributed by atoms with van der Waals surface area (Å²) in [6, 6.07) is 3.66. The molecule has 0 spiro atoms. The molecule has 0 amide bonds. The van der Waals surface area contributed by atoms with Crippen LogP contribution in [0.3, 0.4) is 0 Å². The number of aromatic hydroxyl groups is 2. The molecule has 1 aromatic carbocycles. The van der Waals surface area contributed by atoms with Gasteiger partial charge in [-0.2, -0.15) is 0 Å². The first kappa shape index (κ1) is 36.3. The summed E-state index contributed by atoms with van der Waals surface area (Å²) in [7, 11) is 0. The normalized spacial score (nSPS) is 41.8. The predicted molar refractivity (Wildman–Crippen MR) is 144 cm³/mol. The van der Waals surface area contributed by atoms with Crippen molar-refractivity contribution in [3.8, 4) is 11.5 Å². The van der Waals surface area contributed by atoms with Gasteiger partial charge in [0.15, 0.2) is 30.2 Å². The molecular weight excluding hydrogens is 628 g/mol. The second-order valence-electron chi connectivity index (χ2n) is 10.8. The molecule has 0 aromatic heterocycles. The molecule has 3 heterocycles. The number of carbonyl (C=O) groups excluding carboxylic acids is 1. The molecule has 3 saturated heterocycles. The molecule has 19 nitrogen and oxygen atoms in total. The van der Waals surface area contributed by atoms with Gasteiger partial charge in [-0.25, -0.2) is 4.79 Å². The largest absolute Gasteiger partial charge is 0.504 e. The quantitative estimate of drug-likeness (QED) is 0.0628. The Morgan fingerprint density at radius 2 is 1.11 bits per heavy atom. The molecule has 15 atom stereocenters. The molecule has 260 valence electrons. The molecule has 46 heavy (non-hydrogen) atoms. The second kappa shape index (κ2) is 15.6. The van der Waals surface area contributed by atoms with Crippen molar-refractivity contribution >= 4 is 12.0 Å². The van der Waals surface area contributed by atoms with Gasteiger partial charge in [0.2, 0.25) is 6.29 Å². The zero-order valence-corrected chi connectivity index (χ0v) is 23.9. The number of phenols is 2. The van der Waals surface area contributed by atoms with Crippen molar-refractivity contribution in [1.29, 1.82) is 0 Å². The highest BCUT2D eigenvalue weighted by molar-refractivity contribution is 5.87. The number of esters is 1. The van der Waals surface area contributed by atoms with Crippen LogP contribution in [0.25, 0.3) is 6.08 Å². The molecule has 1 aromatic rings. The number of hydrogen-bond donors (Lipinski definition) is 12. The molecular formula is C27H38O19. The van der Waals surface area contributed by atoms with Gasteiger partial charge >= 0.3 is 5.97 Å². The van der Waals surface area contributed by atoms with E-state index in [-0.39, 0.29) is 5.56 Å². The van der Waals surface area contributed by atoms with E-state index in [9.17, 15) is 66.1 Å². The van der Waals surface area contributed by atoms with Gasteiger partial charge in [-0.15, -0.1) is 0 Å². The fraction of sp³-hybridized carbons (Fsp3) is 0.667. The van der Waals surface area contributed by atoms with Crippen molar-refractivity contribution < 1.29 is 94.5 Å². The van der Waals surface area contributed by atoms with E-state index in [1.165, 1.54) is 12.1 Å². The van der Waals surface area contributed by atoms with Crippen molar-refractivity contribution in [2.24, 2.45) is 0 Å². The summed E-state index contributed by atoms with van der Waals surface area (Å²) < 4.78 is 32.8. The summed E-state index contributed by atoms with van der Waals surface area (Å²) in [5.41, 5.74) is 0.264. The van der Waals surface area contributed by atoms with Gasteiger partial charge in [0.05, 0.1) is 19.8 Å². The van der Waals surface area contributed by atoms with E-state index in [1.54, 1.807) is 0 Å². The molecule has 0 saturated carbocycles. The Labute approximate surface area is 260 Å². The smallest absolute Gasteiger partial charge is 0.333 e. The maximum absolute atomic E-state index is 12.7. The molecule has 15 unspecified atom stereocenters. The molecule has 3 fully saturated rings. The predicted octanol–water partition coefficient (Wildman–Crippen LogP) is -5.90. The average Bonchev–Trinajstić information content (AvgIpc) is 3.04. The van der Waals surface area contributed by atoms with Crippen LogP contribution >= 0.6 is 0 Å². The first-order valence-corrected chi connectivity index (χ1v) is 14.1. The van der Waals surface area contributed by atoms with Crippen molar-refractivity contribution in [2.45, 2.75) is 92.1 Å². The van der Waals surface area contributed by atoms with Crippen LogP contribution in [-0.4, -0.2) is 179 Å². The molecule has 19 heteroatoms. The van der Waals surface area contributed by atoms with Crippen molar-refractivity contribution in [3.05, 3.63) is 29.8 Å². The van der Waals surface area contributed by atoms with Gasteiger partial charge in [-0.05, 0) is 23.8 Å². The highest BCUT2D eigenvalue weighted by atomic mass is 16.8. The number of ether oxygens (including phenoxy) is 6. The van der Waals surface area contributed by atoms with E-state index in [0.717, 1.165) is 18.2 Å². The Kier molecular flexibility index (Phi) is 12.3. The summed E-state index contributed by atoms with van der Waals surface area (Å²) in [5.74, 6) is -1.99. The molecule has 3 aliphatic heterocycles. The first-order chi connectivity index (χ1) is 21.8. The third-order valence-electron chi connectivity index (χ3n) is 7.72. The highest BCUT2D eigenvalue weighted by Gasteiger charge is 2.54. The third-order valence-corrected chi connectivity index (χ3v) is 7.72. The number of aliphatic hydroxyl groups excluding tert-OH is 10. The van der Waals surface area contributed by atoms with E-state index in [1.807, 2.05) is 0 Å². The van der Waals surface area contributed by atoms with E-state index >= 15 is 0 Å². The number of aliphatic hydroxyl groups is 10. The topological polar surface area (TPSA) is 315 Å². The SMILES string of the molecule is O=C(C=Cc1ccc(O)c(O)c1)OC1OC(CO)C(O)C(O)C1OC1OC(CO)C(O)C(O)C1OC1OC(CO)C(O)C(O)C1O. The summed E-state index contributed by atoms with van der Waals surface area (Å²) in [5, 5.41) is 121. The lowest BCUT2D eigenvalue weighted by atomic mass is 9.96.